The van der Waals surface area contributed by atoms with Crippen molar-refractivity contribution in [3.8, 4) is 5.88 Å². The maximum Gasteiger partial charge on any atom is 0.331 e. The van der Waals surface area contributed by atoms with Crippen molar-refractivity contribution in [2.24, 2.45) is 0 Å². The highest BCUT2D eigenvalue weighted by molar-refractivity contribution is 5.85. The molecule has 7 nitrogen and oxygen atoms in total. The number of aromatic hydroxyl groups is 1. The Balaban J connectivity index is 1.70. The highest BCUT2D eigenvalue weighted by Gasteiger charge is 2.37. The van der Waals surface area contributed by atoms with E-state index in [0.29, 0.717) is 0 Å². The zero-order valence-electron chi connectivity index (χ0n) is 16.6. The molecule has 3 heterocycles. The van der Waals surface area contributed by atoms with Crippen LogP contribution in [0.25, 0.3) is 10.9 Å². The number of benzene rings is 2. The number of aromatic amines is 2. The van der Waals surface area contributed by atoms with Crippen LogP contribution in [0.4, 0.5) is 0 Å². The van der Waals surface area contributed by atoms with Crippen molar-refractivity contribution >= 4 is 10.9 Å². The molecule has 0 bridgehead atoms. The second-order valence-corrected chi connectivity index (χ2v) is 7.91. The molecule has 2 aromatic carbocycles. The lowest BCUT2D eigenvalue weighted by molar-refractivity contribution is -0.908. The molecule has 1 aliphatic heterocycles. The third kappa shape index (κ3) is 2.86. The molecule has 0 saturated carbocycles. The van der Waals surface area contributed by atoms with Gasteiger partial charge in [0.25, 0.3) is 5.56 Å². The van der Waals surface area contributed by atoms with Gasteiger partial charge in [-0.15, -0.1) is 0 Å². The summed E-state index contributed by atoms with van der Waals surface area (Å²) in [6, 6.07) is 17.1. The number of quaternary nitrogens is 1. The predicted molar refractivity (Wildman–Crippen MR) is 114 cm³/mol. The van der Waals surface area contributed by atoms with Gasteiger partial charge in [-0.05, 0) is 17.2 Å². The van der Waals surface area contributed by atoms with Crippen molar-refractivity contribution in [2.75, 3.05) is 13.6 Å². The van der Waals surface area contributed by atoms with Crippen LogP contribution in [0.1, 0.15) is 28.4 Å². The summed E-state index contributed by atoms with van der Waals surface area (Å²) in [7, 11) is 2.00. The molecule has 2 atom stereocenters. The summed E-state index contributed by atoms with van der Waals surface area (Å²) >= 11 is 0. The Morgan fingerprint density at radius 2 is 1.80 bits per heavy atom. The van der Waals surface area contributed by atoms with Gasteiger partial charge in [-0.2, -0.15) is 0 Å². The molecule has 1 unspecified atom stereocenters. The van der Waals surface area contributed by atoms with Gasteiger partial charge >= 0.3 is 5.69 Å². The van der Waals surface area contributed by atoms with Gasteiger partial charge in [0.2, 0.25) is 5.88 Å². The van der Waals surface area contributed by atoms with Gasteiger partial charge in [0.15, 0.2) is 6.04 Å². The Hall–Kier alpha value is -3.58. The number of hydrogen-bond acceptors (Lipinski definition) is 3. The van der Waals surface area contributed by atoms with Crippen molar-refractivity contribution in [1.82, 2.24) is 14.5 Å². The molecule has 4 N–H and O–H groups in total. The number of para-hydroxylation sites is 1. The standard InChI is InChI=1S/C23H22N4O3/c1-26-12-11-16-15-9-5-6-10-17(15)24-19(16)20(26)18-21(28)25-23(30)27(22(18)29)13-14-7-3-2-4-8-14/h2-10,20,24,29H,11-13H2,1H3,(H,25,28,30)/p+1/t20-/m1/s1. The van der Waals surface area contributed by atoms with Crippen LogP contribution in [0, 0.1) is 0 Å². The Labute approximate surface area is 172 Å². The van der Waals surface area contributed by atoms with Crippen LogP contribution in [-0.4, -0.2) is 33.2 Å². The molecular formula is C23H23N4O3+. The van der Waals surface area contributed by atoms with Crippen molar-refractivity contribution in [3.63, 3.8) is 0 Å². The van der Waals surface area contributed by atoms with E-state index >= 15 is 0 Å². The number of fused-ring (bicyclic) bond motifs is 3. The summed E-state index contributed by atoms with van der Waals surface area (Å²) in [6.45, 7) is 0.997. The monoisotopic (exact) mass is 403 g/mol. The van der Waals surface area contributed by atoms with Gasteiger partial charge in [-0.1, -0.05) is 48.5 Å². The van der Waals surface area contributed by atoms with Gasteiger partial charge in [0.1, 0.15) is 5.56 Å². The summed E-state index contributed by atoms with van der Waals surface area (Å²) in [5.41, 5.74) is 3.02. The molecule has 2 aromatic heterocycles. The van der Waals surface area contributed by atoms with Gasteiger partial charge < -0.3 is 15.0 Å². The Kier molecular flexibility index (Phi) is 4.33. The van der Waals surface area contributed by atoms with Crippen LogP contribution < -0.4 is 16.1 Å². The lowest BCUT2D eigenvalue weighted by Crippen LogP contribution is -3.10. The zero-order valence-corrected chi connectivity index (χ0v) is 16.6. The maximum absolute atomic E-state index is 12.9. The molecular weight excluding hydrogens is 380 g/mol. The first-order chi connectivity index (χ1) is 14.5. The number of rotatable bonds is 3. The largest absolute Gasteiger partial charge is 0.494 e. The average molecular weight is 403 g/mol. The molecule has 0 radical (unpaired) electrons. The second kappa shape index (κ2) is 7.03. The molecule has 0 saturated heterocycles. The first-order valence-electron chi connectivity index (χ1n) is 10.1. The maximum atomic E-state index is 12.9. The van der Waals surface area contributed by atoms with Crippen LogP contribution in [0.3, 0.4) is 0 Å². The van der Waals surface area contributed by atoms with Gasteiger partial charge in [0.05, 0.1) is 25.8 Å². The molecule has 0 amide bonds. The van der Waals surface area contributed by atoms with Crippen molar-refractivity contribution < 1.29 is 10.0 Å². The van der Waals surface area contributed by atoms with E-state index in [4.69, 9.17) is 0 Å². The van der Waals surface area contributed by atoms with Crippen molar-refractivity contribution in [1.29, 1.82) is 0 Å². The first-order valence-corrected chi connectivity index (χ1v) is 10.1. The van der Waals surface area contributed by atoms with E-state index in [-0.39, 0.29) is 18.0 Å². The van der Waals surface area contributed by atoms with Crippen LogP contribution >= 0.6 is 0 Å². The lowest BCUT2D eigenvalue weighted by Gasteiger charge is -2.30. The number of aromatic nitrogens is 3. The van der Waals surface area contributed by atoms with E-state index in [2.05, 4.69) is 16.0 Å². The number of H-pyrrole nitrogens is 2. The minimum Gasteiger partial charge on any atom is -0.494 e. The van der Waals surface area contributed by atoms with Crippen LogP contribution in [0.2, 0.25) is 0 Å². The van der Waals surface area contributed by atoms with E-state index in [9.17, 15) is 14.7 Å². The van der Waals surface area contributed by atoms with E-state index < -0.39 is 17.3 Å². The first kappa shape index (κ1) is 18.4. The molecule has 1 aliphatic rings. The minimum absolute atomic E-state index is 0.181. The quantitative estimate of drug-likeness (QED) is 0.410. The van der Waals surface area contributed by atoms with Crippen molar-refractivity contribution in [2.45, 2.75) is 19.0 Å². The second-order valence-electron chi connectivity index (χ2n) is 7.91. The van der Waals surface area contributed by atoms with Gasteiger partial charge in [0, 0.05) is 17.3 Å². The number of nitrogens with one attached hydrogen (secondary N) is 3. The molecule has 152 valence electrons. The fourth-order valence-corrected chi connectivity index (χ4v) is 4.59. The number of hydrogen-bond donors (Lipinski definition) is 4. The minimum atomic E-state index is -0.615. The summed E-state index contributed by atoms with van der Waals surface area (Å²) in [4.78, 5) is 32.3. The van der Waals surface area contributed by atoms with E-state index in [1.165, 1.54) is 10.1 Å². The lowest BCUT2D eigenvalue weighted by atomic mass is 9.94. The zero-order chi connectivity index (χ0) is 20.8. The average Bonchev–Trinajstić information content (AvgIpc) is 3.12. The SMILES string of the molecule is C[NH+]1CCc2c([nH]c3ccccc23)[C@H]1c1c(O)n(Cc2ccccc2)c(=O)[nH]c1=O. The fraction of sp³-hybridized carbons (Fsp3) is 0.217. The third-order valence-electron chi connectivity index (χ3n) is 6.08. The van der Waals surface area contributed by atoms with Crippen molar-refractivity contribution in [3.05, 3.63) is 97.8 Å². The van der Waals surface area contributed by atoms with E-state index in [1.807, 2.05) is 55.6 Å². The van der Waals surface area contributed by atoms with Crippen LogP contribution in [0.5, 0.6) is 5.88 Å². The molecule has 0 spiro atoms. The topological polar surface area (TPSA) is 95.3 Å². The summed E-state index contributed by atoms with van der Waals surface area (Å²) < 4.78 is 1.23. The Bertz CT molecular complexity index is 1350. The van der Waals surface area contributed by atoms with Crippen LogP contribution in [-0.2, 0) is 13.0 Å². The summed E-state index contributed by atoms with van der Waals surface area (Å²) in [6.07, 6.45) is 0.879. The van der Waals surface area contributed by atoms with Crippen LogP contribution in [0.15, 0.2) is 64.2 Å². The normalized spacial score (nSPS) is 18.4. The molecule has 5 rings (SSSR count). The van der Waals surface area contributed by atoms with E-state index in [0.717, 1.165) is 40.0 Å². The van der Waals surface area contributed by atoms with Gasteiger partial charge in [-0.25, -0.2) is 4.79 Å². The fourth-order valence-electron chi connectivity index (χ4n) is 4.59. The highest BCUT2D eigenvalue weighted by Crippen LogP contribution is 2.32. The third-order valence-corrected chi connectivity index (χ3v) is 6.08. The summed E-state index contributed by atoms with van der Waals surface area (Å²) in [5, 5.41) is 12.2. The molecule has 4 aromatic rings. The molecule has 30 heavy (non-hydrogen) atoms. The van der Waals surface area contributed by atoms with E-state index in [1.54, 1.807) is 0 Å². The smallest absolute Gasteiger partial charge is 0.331 e. The predicted octanol–water partition coefficient (Wildman–Crippen LogP) is 0.932. The molecule has 7 heteroatoms. The number of likely N-dealkylation sites (N-methyl/N-ethyl adjacent to an activating group) is 1. The molecule has 0 aliphatic carbocycles. The Morgan fingerprint density at radius 3 is 2.60 bits per heavy atom. The summed E-state index contributed by atoms with van der Waals surface area (Å²) in [5.74, 6) is -0.275. The molecule has 0 fully saturated rings. The Morgan fingerprint density at radius 1 is 1.07 bits per heavy atom. The highest BCUT2D eigenvalue weighted by atomic mass is 16.3. The number of nitrogens with zero attached hydrogens (tertiary/aromatic N) is 1. The van der Waals surface area contributed by atoms with Gasteiger partial charge in [-0.3, -0.25) is 14.3 Å².